The van der Waals surface area contributed by atoms with Gasteiger partial charge in [-0.1, -0.05) is 48.5 Å². The molecular weight excluding hydrogens is 310 g/mol. The van der Waals surface area contributed by atoms with Gasteiger partial charge in [-0.3, -0.25) is 0 Å². The van der Waals surface area contributed by atoms with E-state index in [9.17, 15) is 5.11 Å². The molecule has 25 heavy (non-hydrogen) atoms. The van der Waals surface area contributed by atoms with E-state index in [1.807, 2.05) is 72.8 Å². The molecule has 1 heterocycles. The minimum absolute atomic E-state index is 0.236. The van der Waals surface area contributed by atoms with Crippen LogP contribution in [0, 0.1) is 0 Å². The molecule has 122 valence electrons. The van der Waals surface area contributed by atoms with Crippen molar-refractivity contribution < 1.29 is 9.84 Å². The Morgan fingerprint density at radius 3 is 2.48 bits per heavy atom. The number of rotatable bonds is 4. The Kier molecular flexibility index (Phi) is 4.05. The van der Waals surface area contributed by atoms with Crippen molar-refractivity contribution in [1.29, 1.82) is 0 Å². The molecule has 0 aliphatic rings. The standard InChI is InChI=1S/C22H17NO2/c24-18-9-4-8-17(14-18)20-13-12-19-21(23-20)10-5-11-22(19)25-15-16-6-2-1-3-7-16/h1-14,24H,15H2. The molecule has 3 aromatic carbocycles. The van der Waals surface area contributed by atoms with Crippen molar-refractivity contribution in [2.45, 2.75) is 6.61 Å². The fourth-order valence-electron chi connectivity index (χ4n) is 2.81. The first-order valence-corrected chi connectivity index (χ1v) is 8.15. The van der Waals surface area contributed by atoms with Crippen LogP contribution in [-0.4, -0.2) is 10.1 Å². The second kappa shape index (κ2) is 6.65. The van der Waals surface area contributed by atoms with Crippen molar-refractivity contribution in [1.82, 2.24) is 4.98 Å². The molecule has 0 aliphatic heterocycles. The Balaban J connectivity index is 1.66. The molecule has 1 N–H and O–H groups in total. The molecule has 0 amide bonds. The monoisotopic (exact) mass is 327 g/mol. The number of benzene rings is 3. The fraction of sp³-hybridized carbons (Fsp3) is 0.0455. The quantitative estimate of drug-likeness (QED) is 0.561. The zero-order chi connectivity index (χ0) is 17.1. The van der Waals surface area contributed by atoms with Gasteiger partial charge in [0.15, 0.2) is 0 Å². The first-order chi connectivity index (χ1) is 12.3. The Morgan fingerprint density at radius 1 is 0.800 bits per heavy atom. The minimum Gasteiger partial charge on any atom is -0.508 e. The molecule has 0 fully saturated rings. The molecule has 0 atom stereocenters. The molecule has 0 saturated carbocycles. The molecular formula is C22H17NO2. The minimum atomic E-state index is 0.236. The maximum atomic E-state index is 9.66. The second-order valence-electron chi connectivity index (χ2n) is 5.84. The average Bonchev–Trinajstić information content (AvgIpc) is 2.66. The highest BCUT2D eigenvalue weighted by Gasteiger charge is 2.07. The van der Waals surface area contributed by atoms with Crippen LogP contribution in [0.1, 0.15) is 5.56 Å². The number of fused-ring (bicyclic) bond motifs is 1. The van der Waals surface area contributed by atoms with Gasteiger partial charge in [-0.2, -0.15) is 0 Å². The van der Waals surface area contributed by atoms with E-state index in [-0.39, 0.29) is 5.75 Å². The number of phenolic OH excluding ortho intramolecular Hbond substituents is 1. The van der Waals surface area contributed by atoms with Gasteiger partial charge in [0.2, 0.25) is 0 Å². The molecule has 3 heteroatoms. The molecule has 4 rings (SSSR count). The molecule has 0 bridgehead atoms. The van der Waals surface area contributed by atoms with E-state index in [0.29, 0.717) is 6.61 Å². The van der Waals surface area contributed by atoms with Gasteiger partial charge < -0.3 is 9.84 Å². The Bertz CT molecular complexity index is 1010. The second-order valence-corrected chi connectivity index (χ2v) is 5.84. The van der Waals surface area contributed by atoms with Gasteiger partial charge in [-0.15, -0.1) is 0 Å². The maximum absolute atomic E-state index is 9.66. The zero-order valence-electron chi connectivity index (χ0n) is 13.6. The third-order valence-corrected chi connectivity index (χ3v) is 4.07. The lowest BCUT2D eigenvalue weighted by molar-refractivity contribution is 0.310. The summed E-state index contributed by atoms with van der Waals surface area (Å²) in [4.78, 5) is 4.71. The first kappa shape index (κ1) is 15.2. The molecule has 0 unspecified atom stereocenters. The lowest BCUT2D eigenvalue weighted by Crippen LogP contribution is -1.96. The van der Waals surface area contributed by atoms with E-state index in [0.717, 1.165) is 33.5 Å². The summed E-state index contributed by atoms with van der Waals surface area (Å²) in [6.45, 7) is 0.522. The summed E-state index contributed by atoms with van der Waals surface area (Å²) >= 11 is 0. The predicted octanol–water partition coefficient (Wildman–Crippen LogP) is 5.19. The third-order valence-electron chi connectivity index (χ3n) is 4.07. The van der Waals surface area contributed by atoms with Crippen LogP contribution in [-0.2, 0) is 6.61 Å². The molecule has 4 aromatic rings. The van der Waals surface area contributed by atoms with Crippen molar-refractivity contribution in [3.05, 3.63) is 90.5 Å². The zero-order valence-corrected chi connectivity index (χ0v) is 13.6. The number of nitrogens with zero attached hydrogens (tertiary/aromatic N) is 1. The van der Waals surface area contributed by atoms with E-state index in [1.165, 1.54) is 0 Å². The van der Waals surface area contributed by atoms with E-state index in [1.54, 1.807) is 12.1 Å². The van der Waals surface area contributed by atoms with Gasteiger partial charge in [0.25, 0.3) is 0 Å². The van der Waals surface area contributed by atoms with Crippen LogP contribution in [0.4, 0.5) is 0 Å². The van der Waals surface area contributed by atoms with Gasteiger partial charge in [0.1, 0.15) is 18.1 Å². The SMILES string of the molecule is Oc1cccc(-c2ccc3c(OCc4ccccc4)cccc3n2)c1. The molecule has 0 saturated heterocycles. The van der Waals surface area contributed by atoms with Crippen LogP contribution in [0.25, 0.3) is 22.2 Å². The Hall–Kier alpha value is -3.33. The van der Waals surface area contributed by atoms with Crippen LogP contribution in [0.5, 0.6) is 11.5 Å². The highest BCUT2D eigenvalue weighted by molar-refractivity contribution is 5.87. The topological polar surface area (TPSA) is 42.4 Å². The van der Waals surface area contributed by atoms with Crippen LogP contribution < -0.4 is 4.74 Å². The molecule has 0 spiro atoms. The molecule has 3 nitrogen and oxygen atoms in total. The van der Waals surface area contributed by atoms with Crippen molar-refractivity contribution in [3.8, 4) is 22.8 Å². The lowest BCUT2D eigenvalue weighted by atomic mass is 10.1. The van der Waals surface area contributed by atoms with Crippen LogP contribution in [0.15, 0.2) is 84.9 Å². The van der Waals surface area contributed by atoms with Crippen LogP contribution >= 0.6 is 0 Å². The first-order valence-electron chi connectivity index (χ1n) is 8.15. The van der Waals surface area contributed by atoms with Crippen molar-refractivity contribution in [2.75, 3.05) is 0 Å². The largest absolute Gasteiger partial charge is 0.508 e. The summed E-state index contributed by atoms with van der Waals surface area (Å²) in [5.41, 5.74) is 3.70. The number of ether oxygens (including phenoxy) is 1. The van der Waals surface area contributed by atoms with E-state index < -0.39 is 0 Å². The number of hydrogen-bond acceptors (Lipinski definition) is 3. The van der Waals surface area contributed by atoms with Gasteiger partial charge in [0, 0.05) is 10.9 Å². The van der Waals surface area contributed by atoms with E-state index in [4.69, 9.17) is 9.72 Å². The van der Waals surface area contributed by atoms with Crippen molar-refractivity contribution in [2.24, 2.45) is 0 Å². The summed E-state index contributed by atoms with van der Waals surface area (Å²) in [6.07, 6.45) is 0. The molecule has 0 aliphatic carbocycles. The summed E-state index contributed by atoms with van der Waals surface area (Å²) in [5, 5.41) is 10.6. The average molecular weight is 327 g/mol. The maximum Gasteiger partial charge on any atom is 0.129 e. The summed E-state index contributed by atoms with van der Waals surface area (Å²) in [5.74, 6) is 1.05. The lowest BCUT2D eigenvalue weighted by Gasteiger charge is -2.10. The smallest absolute Gasteiger partial charge is 0.129 e. The summed E-state index contributed by atoms with van der Waals surface area (Å²) in [7, 11) is 0. The predicted molar refractivity (Wildman–Crippen MR) is 99.6 cm³/mol. The Morgan fingerprint density at radius 2 is 1.64 bits per heavy atom. The number of phenols is 1. The van der Waals surface area contributed by atoms with Gasteiger partial charge in [0.05, 0.1) is 11.2 Å². The van der Waals surface area contributed by atoms with Crippen LogP contribution in [0.2, 0.25) is 0 Å². The third kappa shape index (κ3) is 3.31. The normalized spacial score (nSPS) is 10.7. The molecule has 0 radical (unpaired) electrons. The summed E-state index contributed by atoms with van der Waals surface area (Å²) in [6, 6.07) is 27.1. The van der Waals surface area contributed by atoms with Gasteiger partial charge in [-0.25, -0.2) is 4.98 Å². The summed E-state index contributed by atoms with van der Waals surface area (Å²) < 4.78 is 5.99. The Labute approximate surface area is 146 Å². The van der Waals surface area contributed by atoms with Crippen molar-refractivity contribution >= 4 is 10.9 Å². The number of aromatic nitrogens is 1. The highest BCUT2D eigenvalue weighted by Crippen LogP contribution is 2.29. The molecule has 1 aromatic heterocycles. The number of hydrogen-bond donors (Lipinski definition) is 1. The van der Waals surface area contributed by atoms with Gasteiger partial charge >= 0.3 is 0 Å². The number of aromatic hydroxyl groups is 1. The van der Waals surface area contributed by atoms with Gasteiger partial charge in [-0.05, 0) is 42.0 Å². The fourth-order valence-corrected chi connectivity index (χ4v) is 2.81. The van der Waals surface area contributed by atoms with E-state index in [2.05, 4.69) is 0 Å². The number of pyridine rings is 1. The highest BCUT2D eigenvalue weighted by atomic mass is 16.5. The van der Waals surface area contributed by atoms with Crippen molar-refractivity contribution in [3.63, 3.8) is 0 Å². The van der Waals surface area contributed by atoms with E-state index >= 15 is 0 Å². The van der Waals surface area contributed by atoms with Crippen LogP contribution in [0.3, 0.4) is 0 Å².